The fourth-order valence-corrected chi connectivity index (χ4v) is 3.33. The minimum atomic E-state index is -3.41. The molecular formula is C17H26N4O3S. The first-order valence-corrected chi connectivity index (χ1v) is 10.0. The average molecular weight is 366 g/mol. The number of likely N-dealkylation sites (N-methyl/N-ethyl adjacent to an activating group) is 1. The second-order valence-electron chi connectivity index (χ2n) is 6.36. The number of aromatic amines is 1. The number of hydrogen-bond acceptors (Lipinski definition) is 4. The lowest BCUT2D eigenvalue weighted by Crippen LogP contribution is -2.43. The first kappa shape index (κ1) is 19.4. The molecule has 138 valence electrons. The molecule has 25 heavy (non-hydrogen) atoms. The van der Waals surface area contributed by atoms with Gasteiger partial charge >= 0.3 is 0 Å². The van der Waals surface area contributed by atoms with E-state index in [1.165, 1.54) is 4.31 Å². The molecule has 2 aromatic rings. The van der Waals surface area contributed by atoms with Crippen molar-refractivity contribution in [2.75, 3.05) is 46.5 Å². The van der Waals surface area contributed by atoms with Crippen LogP contribution in [0.15, 0.2) is 30.5 Å². The van der Waals surface area contributed by atoms with Gasteiger partial charge in [0.1, 0.15) is 0 Å². The van der Waals surface area contributed by atoms with Gasteiger partial charge in [0.05, 0.1) is 12.8 Å². The van der Waals surface area contributed by atoms with Crippen LogP contribution in [0.1, 0.15) is 5.56 Å². The minimum absolute atomic E-state index is 0.152. The molecule has 2 rings (SSSR count). The normalized spacial score (nSPS) is 12.2. The largest absolute Gasteiger partial charge is 0.361 e. The first-order chi connectivity index (χ1) is 11.8. The van der Waals surface area contributed by atoms with Crippen LogP contribution in [0.25, 0.3) is 10.9 Å². The number of fused-ring (bicyclic) bond motifs is 1. The molecule has 0 atom stereocenters. The van der Waals surface area contributed by atoms with Crippen molar-refractivity contribution in [1.82, 2.24) is 19.5 Å². The summed E-state index contributed by atoms with van der Waals surface area (Å²) in [4.78, 5) is 17.2. The van der Waals surface area contributed by atoms with E-state index in [1.54, 1.807) is 0 Å². The Hall–Kier alpha value is -1.90. The van der Waals surface area contributed by atoms with Gasteiger partial charge in [-0.1, -0.05) is 18.2 Å². The van der Waals surface area contributed by atoms with Crippen molar-refractivity contribution in [3.8, 4) is 0 Å². The summed E-state index contributed by atoms with van der Waals surface area (Å²) in [5.41, 5.74) is 2.19. The zero-order valence-corrected chi connectivity index (χ0v) is 15.8. The number of nitrogens with one attached hydrogen (secondary N) is 2. The second-order valence-corrected chi connectivity index (χ2v) is 8.34. The number of nitrogens with zero attached hydrogens (tertiary/aromatic N) is 2. The van der Waals surface area contributed by atoms with Gasteiger partial charge in [0.15, 0.2) is 0 Å². The number of para-hydroxylation sites is 1. The maximum absolute atomic E-state index is 12.1. The van der Waals surface area contributed by atoms with Crippen LogP contribution >= 0.6 is 0 Å². The first-order valence-electron chi connectivity index (χ1n) is 8.19. The Bertz CT molecular complexity index is 814. The maximum atomic E-state index is 12.1. The van der Waals surface area contributed by atoms with Crippen molar-refractivity contribution in [3.63, 3.8) is 0 Å². The number of benzene rings is 1. The number of rotatable bonds is 9. The molecule has 0 aliphatic rings. The van der Waals surface area contributed by atoms with E-state index in [4.69, 9.17) is 0 Å². The maximum Gasteiger partial charge on any atom is 0.235 e. The molecule has 0 saturated heterocycles. The molecule has 0 fully saturated rings. The van der Waals surface area contributed by atoms with Crippen LogP contribution in [0.4, 0.5) is 0 Å². The van der Waals surface area contributed by atoms with Crippen LogP contribution in [-0.2, 0) is 21.2 Å². The van der Waals surface area contributed by atoms with Gasteiger partial charge in [-0.3, -0.25) is 4.79 Å². The van der Waals surface area contributed by atoms with Crippen molar-refractivity contribution in [2.24, 2.45) is 0 Å². The molecule has 7 nitrogen and oxygen atoms in total. The van der Waals surface area contributed by atoms with Gasteiger partial charge in [0.25, 0.3) is 0 Å². The van der Waals surface area contributed by atoms with E-state index < -0.39 is 10.0 Å². The summed E-state index contributed by atoms with van der Waals surface area (Å²) in [7, 11) is 0.314. The Morgan fingerprint density at radius 3 is 2.60 bits per heavy atom. The van der Waals surface area contributed by atoms with Crippen molar-refractivity contribution < 1.29 is 13.2 Å². The lowest BCUT2D eigenvalue weighted by atomic mass is 10.1. The number of sulfonamides is 1. The Kier molecular flexibility index (Phi) is 6.57. The Labute approximate surface area is 149 Å². The number of aromatic nitrogens is 1. The van der Waals surface area contributed by atoms with Gasteiger partial charge in [0.2, 0.25) is 15.9 Å². The van der Waals surface area contributed by atoms with E-state index >= 15 is 0 Å². The molecule has 0 spiro atoms. The van der Waals surface area contributed by atoms with E-state index in [1.807, 2.05) is 49.5 Å². The standard InChI is InChI=1S/C17H26N4O3S/c1-20(2)10-11-21(25(3,23)24)13-17(22)18-9-8-14-12-19-16-7-5-4-6-15(14)16/h4-7,12,19H,8-11,13H2,1-3H3,(H,18,22). The third-order valence-electron chi connectivity index (χ3n) is 3.98. The molecule has 0 aliphatic heterocycles. The zero-order valence-electron chi connectivity index (χ0n) is 14.9. The SMILES string of the molecule is CN(C)CCN(CC(=O)NCCc1c[nH]c2ccccc12)S(C)(=O)=O. The van der Waals surface area contributed by atoms with E-state index in [0.717, 1.165) is 22.7 Å². The smallest absolute Gasteiger partial charge is 0.235 e. The number of carbonyl (C=O) groups is 1. The van der Waals surface area contributed by atoms with E-state index in [9.17, 15) is 13.2 Å². The van der Waals surface area contributed by atoms with Crippen LogP contribution < -0.4 is 5.32 Å². The van der Waals surface area contributed by atoms with Crippen molar-refractivity contribution >= 4 is 26.8 Å². The quantitative estimate of drug-likeness (QED) is 0.682. The van der Waals surface area contributed by atoms with Gasteiger partial charge in [-0.25, -0.2) is 8.42 Å². The van der Waals surface area contributed by atoms with Crippen LogP contribution in [0.5, 0.6) is 0 Å². The molecule has 2 N–H and O–H groups in total. The summed E-state index contributed by atoms with van der Waals surface area (Å²) >= 11 is 0. The fraction of sp³-hybridized carbons (Fsp3) is 0.471. The fourth-order valence-electron chi connectivity index (χ4n) is 2.56. The highest BCUT2D eigenvalue weighted by atomic mass is 32.2. The minimum Gasteiger partial charge on any atom is -0.361 e. The van der Waals surface area contributed by atoms with Gasteiger partial charge in [0, 0.05) is 36.7 Å². The molecule has 1 aromatic carbocycles. The van der Waals surface area contributed by atoms with Gasteiger partial charge in [-0.15, -0.1) is 0 Å². The number of H-pyrrole nitrogens is 1. The Morgan fingerprint density at radius 1 is 1.20 bits per heavy atom. The molecule has 0 bridgehead atoms. The second kappa shape index (κ2) is 8.46. The Morgan fingerprint density at radius 2 is 1.92 bits per heavy atom. The molecule has 8 heteroatoms. The van der Waals surface area contributed by atoms with Crippen molar-refractivity contribution in [1.29, 1.82) is 0 Å². The summed E-state index contributed by atoms with van der Waals surface area (Å²) in [6, 6.07) is 7.99. The van der Waals surface area contributed by atoms with E-state index in [-0.39, 0.29) is 12.5 Å². The molecular weight excluding hydrogens is 340 g/mol. The summed E-state index contributed by atoms with van der Waals surface area (Å²) < 4.78 is 24.8. The van der Waals surface area contributed by atoms with Crippen LogP contribution in [0, 0.1) is 0 Å². The number of carbonyl (C=O) groups excluding carboxylic acids is 1. The molecule has 1 amide bonds. The predicted molar refractivity (Wildman–Crippen MR) is 100.0 cm³/mol. The van der Waals surface area contributed by atoms with Crippen LogP contribution in [0.2, 0.25) is 0 Å². The highest BCUT2D eigenvalue weighted by Gasteiger charge is 2.19. The molecule has 0 unspecified atom stereocenters. The van der Waals surface area contributed by atoms with Crippen LogP contribution in [-0.4, -0.2) is 75.0 Å². The third kappa shape index (κ3) is 5.84. The highest BCUT2D eigenvalue weighted by Crippen LogP contribution is 2.17. The molecule has 0 aliphatic carbocycles. The summed E-state index contributed by atoms with van der Waals surface area (Å²) in [6.45, 7) is 1.17. The summed E-state index contributed by atoms with van der Waals surface area (Å²) in [6.07, 6.45) is 3.75. The van der Waals surface area contributed by atoms with Gasteiger partial charge in [-0.2, -0.15) is 4.31 Å². The highest BCUT2D eigenvalue weighted by molar-refractivity contribution is 7.88. The monoisotopic (exact) mass is 366 g/mol. The number of hydrogen-bond donors (Lipinski definition) is 2. The topological polar surface area (TPSA) is 85.5 Å². The molecule has 0 radical (unpaired) electrons. The summed E-state index contributed by atoms with van der Waals surface area (Å²) in [5.74, 6) is -0.288. The predicted octanol–water partition coefficient (Wildman–Crippen LogP) is 0.650. The zero-order chi connectivity index (χ0) is 18.4. The number of amides is 1. The van der Waals surface area contributed by atoms with E-state index in [0.29, 0.717) is 26.1 Å². The van der Waals surface area contributed by atoms with E-state index in [2.05, 4.69) is 10.3 Å². The van der Waals surface area contributed by atoms with Crippen molar-refractivity contribution in [2.45, 2.75) is 6.42 Å². The lowest BCUT2D eigenvalue weighted by molar-refractivity contribution is -0.121. The van der Waals surface area contributed by atoms with Gasteiger partial charge < -0.3 is 15.2 Å². The van der Waals surface area contributed by atoms with Gasteiger partial charge in [-0.05, 0) is 32.1 Å². The Balaban J connectivity index is 1.86. The third-order valence-corrected chi connectivity index (χ3v) is 5.23. The average Bonchev–Trinajstić information content (AvgIpc) is 2.93. The lowest BCUT2D eigenvalue weighted by Gasteiger charge is -2.21. The molecule has 0 saturated carbocycles. The van der Waals surface area contributed by atoms with Crippen molar-refractivity contribution in [3.05, 3.63) is 36.0 Å². The molecule has 1 aromatic heterocycles. The summed E-state index contributed by atoms with van der Waals surface area (Å²) in [5, 5.41) is 3.94. The molecule has 1 heterocycles. The van der Waals surface area contributed by atoms with Crippen LogP contribution in [0.3, 0.4) is 0 Å².